The first kappa shape index (κ1) is 11.5. The fourth-order valence-corrected chi connectivity index (χ4v) is 1.97. The van der Waals surface area contributed by atoms with Crippen LogP contribution in [-0.4, -0.2) is 20.3 Å². The molecule has 1 N–H and O–H groups in total. The highest BCUT2D eigenvalue weighted by molar-refractivity contribution is 7.09. The fraction of sp³-hybridized carbons (Fsp3) is 0.200. The Morgan fingerprint density at radius 3 is 2.88 bits per heavy atom. The minimum absolute atomic E-state index is 0.0193. The number of nitrogens with zero attached hydrogens (tertiary/aromatic N) is 2. The summed E-state index contributed by atoms with van der Waals surface area (Å²) in [6.45, 7) is 1.41. The summed E-state index contributed by atoms with van der Waals surface area (Å²) in [7, 11) is 0. The Morgan fingerprint density at radius 2 is 2.29 bits per heavy atom. The molecule has 2 rings (SSSR count). The first-order valence-corrected chi connectivity index (χ1v) is 5.68. The van der Waals surface area contributed by atoms with Crippen molar-refractivity contribution < 1.29 is 4.79 Å². The van der Waals surface area contributed by atoms with Crippen molar-refractivity contribution in [3.63, 3.8) is 0 Å². The summed E-state index contributed by atoms with van der Waals surface area (Å²) in [5, 5.41) is 0. The maximum atomic E-state index is 11.9. The number of thiazole rings is 1. The van der Waals surface area contributed by atoms with Crippen molar-refractivity contribution in [2.24, 2.45) is 0 Å². The summed E-state index contributed by atoms with van der Waals surface area (Å²) < 4.78 is 0.990. The number of aromatic amines is 1. The summed E-state index contributed by atoms with van der Waals surface area (Å²) in [4.78, 5) is 41.6. The van der Waals surface area contributed by atoms with Gasteiger partial charge in [0.15, 0.2) is 5.78 Å². The van der Waals surface area contributed by atoms with Gasteiger partial charge in [0.1, 0.15) is 0 Å². The Labute approximate surface area is 99.6 Å². The van der Waals surface area contributed by atoms with Gasteiger partial charge in [0, 0.05) is 17.3 Å². The van der Waals surface area contributed by atoms with Crippen molar-refractivity contribution in [3.05, 3.63) is 49.2 Å². The molecule has 0 aromatic carbocycles. The molecule has 0 bridgehead atoms. The monoisotopic (exact) mass is 251 g/mol. The third-order valence-electron chi connectivity index (χ3n) is 2.24. The van der Waals surface area contributed by atoms with Crippen molar-refractivity contribution in [2.75, 3.05) is 0 Å². The number of carbonyl (C=O) groups is 1. The largest absolute Gasteiger partial charge is 0.328 e. The molecule has 7 heteroatoms. The third kappa shape index (κ3) is 2.23. The van der Waals surface area contributed by atoms with Gasteiger partial charge in [-0.1, -0.05) is 0 Å². The van der Waals surface area contributed by atoms with Crippen LogP contribution in [0.25, 0.3) is 0 Å². The van der Waals surface area contributed by atoms with Crippen molar-refractivity contribution in [2.45, 2.75) is 13.5 Å². The summed E-state index contributed by atoms with van der Waals surface area (Å²) >= 11 is 1.34. The van der Waals surface area contributed by atoms with Gasteiger partial charge in [-0.15, -0.1) is 11.3 Å². The van der Waals surface area contributed by atoms with E-state index in [2.05, 4.69) is 9.97 Å². The Balaban J connectivity index is 2.53. The van der Waals surface area contributed by atoms with Crippen molar-refractivity contribution in [1.29, 1.82) is 0 Å². The molecule has 2 aromatic heterocycles. The van der Waals surface area contributed by atoms with Crippen LogP contribution in [0.2, 0.25) is 0 Å². The van der Waals surface area contributed by atoms with Crippen LogP contribution in [0.15, 0.2) is 27.5 Å². The van der Waals surface area contributed by atoms with E-state index in [4.69, 9.17) is 0 Å². The van der Waals surface area contributed by atoms with Crippen LogP contribution in [0.3, 0.4) is 0 Å². The lowest BCUT2D eigenvalue weighted by molar-refractivity contribution is 0.101. The molecule has 0 atom stereocenters. The highest BCUT2D eigenvalue weighted by Gasteiger charge is 2.11. The van der Waals surface area contributed by atoms with E-state index in [0.29, 0.717) is 0 Å². The predicted molar refractivity (Wildman–Crippen MR) is 62.5 cm³/mol. The van der Waals surface area contributed by atoms with Crippen molar-refractivity contribution in [1.82, 2.24) is 14.5 Å². The summed E-state index contributed by atoms with van der Waals surface area (Å²) in [6, 6.07) is 0. The van der Waals surface area contributed by atoms with Crippen LogP contribution in [0, 0.1) is 0 Å². The molecule has 0 unspecified atom stereocenters. The van der Waals surface area contributed by atoms with Crippen LogP contribution in [-0.2, 0) is 6.54 Å². The lowest BCUT2D eigenvalue weighted by Crippen LogP contribution is -2.37. The van der Waals surface area contributed by atoms with Gasteiger partial charge in [-0.3, -0.25) is 19.1 Å². The molecule has 0 fully saturated rings. The van der Waals surface area contributed by atoms with E-state index in [9.17, 15) is 14.4 Å². The number of hydrogen-bond acceptors (Lipinski definition) is 5. The van der Waals surface area contributed by atoms with E-state index in [1.54, 1.807) is 11.7 Å². The van der Waals surface area contributed by atoms with E-state index >= 15 is 0 Å². The van der Waals surface area contributed by atoms with Gasteiger partial charge < -0.3 is 4.98 Å². The maximum Gasteiger partial charge on any atom is 0.328 e. The number of aromatic nitrogens is 3. The lowest BCUT2D eigenvalue weighted by Gasteiger charge is -2.03. The molecule has 0 aliphatic rings. The normalized spacial score (nSPS) is 10.4. The molecule has 0 amide bonds. The molecule has 0 aliphatic carbocycles. The van der Waals surface area contributed by atoms with Crippen molar-refractivity contribution >= 4 is 17.1 Å². The quantitative estimate of drug-likeness (QED) is 0.792. The smallest absolute Gasteiger partial charge is 0.313 e. The van der Waals surface area contributed by atoms with Gasteiger partial charge in [-0.25, -0.2) is 4.79 Å². The Kier molecular flexibility index (Phi) is 3.01. The SMILES string of the molecule is CC(=O)c1c[nH]c(=O)n(Cc2cncs2)c1=O. The zero-order chi connectivity index (χ0) is 12.4. The van der Waals surface area contributed by atoms with Crippen LogP contribution < -0.4 is 11.2 Å². The van der Waals surface area contributed by atoms with Gasteiger partial charge in [-0.2, -0.15) is 0 Å². The number of carbonyl (C=O) groups excluding carboxylic acids is 1. The minimum Gasteiger partial charge on any atom is -0.313 e. The predicted octanol–water partition coefficient (Wildman–Crippen LogP) is 0.244. The Bertz CT molecular complexity index is 654. The molecule has 0 aliphatic heterocycles. The second-order valence-corrected chi connectivity index (χ2v) is 4.39. The van der Waals surface area contributed by atoms with Gasteiger partial charge in [-0.05, 0) is 6.92 Å². The van der Waals surface area contributed by atoms with E-state index in [0.717, 1.165) is 15.6 Å². The first-order valence-electron chi connectivity index (χ1n) is 4.80. The molecular formula is C10H9N3O3S. The van der Waals surface area contributed by atoms with Crippen LogP contribution >= 0.6 is 11.3 Å². The van der Waals surface area contributed by atoms with Gasteiger partial charge >= 0.3 is 5.69 Å². The van der Waals surface area contributed by atoms with Gasteiger partial charge in [0.25, 0.3) is 5.56 Å². The maximum absolute atomic E-state index is 11.9. The molecule has 17 heavy (non-hydrogen) atoms. The topological polar surface area (TPSA) is 84.8 Å². The first-order chi connectivity index (χ1) is 8.09. The lowest BCUT2D eigenvalue weighted by atomic mass is 10.2. The number of nitrogens with one attached hydrogen (secondary N) is 1. The zero-order valence-corrected chi connectivity index (χ0v) is 9.78. The van der Waals surface area contributed by atoms with Crippen LogP contribution in [0.5, 0.6) is 0 Å². The number of hydrogen-bond donors (Lipinski definition) is 1. The van der Waals surface area contributed by atoms with E-state index in [1.165, 1.54) is 18.3 Å². The van der Waals surface area contributed by atoms with Crippen LogP contribution in [0.1, 0.15) is 22.2 Å². The molecule has 0 saturated carbocycles. The van der Waals surface area contributed by atoms with Crippen molar-refractivity contribution in [3.8, 4) is 0 Å². The zero-order valence-electron chi connectivity index (χ0n) is 8.97. The second kappa shape index (κ2) is 4.46. The van der Waals surface area contributed by atoms with Gasteiger partial charge in [0.2, 0.25) is 0 Å². The summed E-state index contributed by atoms with van der Waals surface area (Å²) in [5.41, 5.74) is 0.487. The summed E-state index contributed by atoms with van der Waals surface area (Å²) in [5.74, 6) is -0.371. The Morgan fingerprint density at radius 1 is 1.53 bits per heavy atom. The third-order valence-corrected chi connectivity index (χ3v) is 3.00. The van der Waals surface area contributed by atoms with Crippen LogP contribution in [0.4, 0.5) is 0 Å². The molecule has 88 valence electrons. The summed E-state index contributed by atoms with van der Waals surface area (Å²) in [6.07, 6.45) is 2.73. The van der Waals surface area contributed by atoms with E-state index in [-0.39, 0.29) is 17.9 Å². The molecule has 6 nitrogen and oxygen atoms in total. The molecule has 0 radical (unpaired) electrons. The number of rotatable bonds is 3. The Hall–Kier alpha value is -2.02. The molecule has 2 heterocycles. The fourth-order valence-electron chi connectivity index (χ4n) is 1.38. The average Bonchev–Trinajstić information content (AvgIpc) is 2.76. The standard InChI is InChI=1S/C10H9N3O3S/c1-6(14)8-3-12-10(16)13(9(8)15)4-7-2-11-5-17-7/h2-3,5H,4H2,1H3,(H,12,16). The molecular weight excluding hydrogens is 242 g/mol. The minimum atomic E-state index is -0.574. The highest BCUT2D eigenvalue weighted by atomic mass is 32.1. The molecule has 2 aromatic rings. The number of ketones is 1. The molecule has 0 spiro atoms. The van der Waals surface area contributed by atoms with E-state index in [1.807, 2.05) is 0 Å². The highest BCUT2D eigenvalue weighted by Crippen LogP contribution is 2.05. The molecule has 0 saturated heterocycles. The number of H-pyrrole nitrogens is 1. The second-order valence-electron chi connectivity index (χ2n) is 3.42. The average molecular weight is 251 g/mol. The number of Topliss-reactive ketones (excluding diaryl/α,β-unsaturated/α-hetero) is 1. The van der Waals surface area contributed by atoms with Gasteiger partial charge in [0.05, 0.1) is 17.6 Å². The van der Waals surface area contributed by atoms with E-state index < -0.39 is 11.2 Å².